The van der Waals surface area contributed by atoms with Crippen LogP contribution in [0.2, 0.25) is 0 Å². The summed E-state index contributed by atoms with van der Waals surface area (Å²) in [6, 6.07) is 13.5. The van der Waals surface area contributed by atoms with E-state index in [0.717, 1.165) is 30.4 Å². The lowest BCUT2D eigenvalue weighted by Gasteiger charge is -2.26. The highest BCUT2D eigenvalue weighted by Gasteiger charge is 2.22. The van der Waals surface area contributed by atoms with Crippen molar-refractivity contribution in [2.75, 3.05) is 19.8 Å². The van der Waals surface area contributed by atoms with Gasteiger partial charge in [0, 0.05) is 0 Å². The Morgan fingerprint density at radius 2 is 1.89 bits per heavy atom. The maximum Gasteiger partial charge on any atom is 0.310 e. The molecule has 0 saturated heterocycles. The van der Waals surface area contributed by atoms with Crippen LogP contribution in [0.5, 0.6) is 11.5 Å². The second-order valence-electron chi connectivity index (χ2n) is 7.03. The molecule has 1 atom stereocenters. The number of esters is 1. The van der Waals surface area contributed by atoms with E-state index in [0.29, 0.717) is 24.7 Å². The van der Waals surface area contributed by atoms with Crippen LogP contribution < -0.4 is 14.8 Å². The Morgan fingerprint density at radius 3 is 2.79 bits per heavy atom. The number of fused-ring (bicyclic) bond motifs is 2. The minimum absolute atomic E-state index is 0.0195. The molecule has 0 unspecified atom stereocenters. The molecule has 0 aromatic heterocycles. The number of hydrogen-bond donors (Lipinski definition) is 1. The average Bonchev–Trinajstić information content (AvgIpc) is 2.72. The highest BCUT2D eigenvalue weighted by atomic mass is 16.6. The minimum atomic E-state index is -0.448. The largest absolute Gasteiger partial charge is 0.486 e. The molecule has 1 heterocycles. The molecule has 1 aliphatic carbocycles. The first-order valence-electron chi connectivity index (χ1n) is 9.60. The van der Waals surface area contributed by atoms with E-state index in [2.05, 4.69) is 11.4 Å². The maximum absolute atomic E-state index is 12.2. The third-order valence-electron chi connectivity index (χ3n) is 5.02. The second-order valence-corrected chi connectivity index (χ2v) is 7.03. The van der Waals surface area contributed by atoms with Gasteiger partial charge in [-0.3, -0.25) is 9.59 Å². The van der Waals surface area contributed by atoms with Crippen LogP contribution in [0.25, 0.3) is 0 Å². The molecule has 2 aliphatic rings. The molecular weight excluding hydrogens is 358 g/mol. The van der Waals surface area contributed by atoms with Gasteiger partial charge in [0.25, 0.3) is 5.91 Å². The van der Waals surface area contributed by atoms with Crippen molar-refractivity contribution < 1.29 is 23.8 Å². The molecule has 1 N–H and O–H groups in total. The van der Waals surface area contributed by atoms with Crippen molar-refractivity contribution in [2.24, 2.45) is 0 Å². The fourth-order valence-electron chi connectivity index (χ4n) is 3.70. The van der Waals surface area contributed by atoms with Gasteiger partial charge in [-0.25, -0.2) is 0 Å². The highest BCUT2D eigenvalue weighted by Crippen LogP contribution is 2.31. The molecule has 28 heavy (non-hydrogen) atoms. The lowest BCUT2D eigenvalue weighted by Crippen LogP contribution is -2.34. The molecular formula is C22H23NO5. The Hall–Kier alpha value is -3.02. The molecule has 6 nitrogen and oxygen atoms in total. The topological polar surface area (TPSA) is 73.9 Å². The Kier molecular flexibility index (Phi) is 5.46. The third kappa shape index (κ3) is 4.27. The smallest absolute Gasteiger partial charge is 0.310 e. The zero-order valence-corrected chi connectivity index (χ0v) is 15.6. The van der Waals surface area contributed by atoms with Crippen molar-refractivity contribution in [1.82, 2.24) is 5.32 Å². The maximum atomic E-state index is 12.2. The summed E-state index contributed by atoms with van der Waals surface area (Å²) < 4.78 is 16.1. The number of nitrogens with one attached hydrogen (secondary N) is 1. The van der Waals surface area contributed by atoms with Gasteiger partial charge in [-0.1, -0.05) is 30.3 Å². The van der Waals surface area contributed by atoms with E-state index in [9.17, 15) is 9.59 Å². The molecule has 0 saturated carbocycles. The molecule has 1 aliphatic heterocycles. The van der Waals surface area contributed by atoms with E-state index >= 15 is 0 Å². The summed E-state index contributed by atoms with van der Waals surface area (Å²) in [5.74, 6) is 0.578. The molecule has 4 rings (SSSR count). The molecule has 0 fully saturated rings. The van der Waals surface area contributed by atoms with Crippen LogP contribution in [-0.4, -0.2) is 31.7 Å². The van der Waals surface area contributed by atoms with Gasteiger partial charge >= 0.3 is 5.97 Å². The zero-order valence-electron chi connectivity index (χ0n) is 15.6. The molecule has 6 heteroatoms. The Bertz CT molecular complexity index is 879. The normalized spacial score (nSPS) is 17.4. The number of aryl methyl sites for hydroxylation is 1. The molecule has 146 valence electrons. The standard InChI is InChI=1S/C22H23NO5/c24-21(23-18-7-3-5-16-4-1-2-6-17(16)18)14-28-22(25)13-15-8-9-19-20(12-15)27-11-10-26-19/h1-2,4,6,8-9,12,18H,3,5,7,10-11,13-14H2,(H,23,24)/t18-/m1/s1. The first-order valence-corrected chi connectivity index (χ1v) is 9.60. The van der Waals surface area contributed by atoms with E-state index < -0.39 is 5.97 Å². The van der Waals surface area contributed by atoms with E-state index in [-0.39, 0.29) is 25.0 Å². The first-order chi connectivity index (χ1) is 13.7. The Balaban J connectivity index is 1.28. The predicted molar refractivity (Wildman–Crippen MR) is 102 cm³/mol. The number of hydrogen-bond acceptors (Lipinski definition) is 5. The van der Waals surface area contributed by atoms with E-state index in [4.69, 9.17) is 14.2 Å². The number of amides is 1. The summed E-state index contributed by atoms with van der Waals surface area (Å²) in [6.45, 7) is 0.738. The summed E-state index contributed by atoms with van der Waals surface area (Å²) in [6.07, 6.45) is 3.04. The number of rotatable bonds is 5. The summed E-state index contributed by atoms with van der Waals surface area (Å²) in [5, 5.41) is 2.98. The van der Waals surface area contributed by atoms with Gasteiger partial charge in [0.05, 0.1) is 12.5 Å². The summed E-state index contributed by atoms with van der Waals surface area (Å²) in [7, 11) is 0. The fourth-order valence-corrected chi connectivity index (χ4v) is 3.70. The molecule has 2 aromatic rings. The van der Waals surface area contributed by atoms with Crippen molar-refractivity contribution in [3.63, 3.8) is 0 Å². The number of carbonyl (C=O) groups is 2. The van der Waals surface area contributed by atoms with Crippen LogP contribution in [0.4, 0.5) is 0 Å². The minimum Gasteiger partial charge on any atom is -0.486 e. The van der Waals surface area contributed by atoms with Gasteiger partial charge in [-0.05, 0) is 48.1 Å². The van der Waals surface area contributed by atoms with Crippen molar-refractivity contribution in [1.29, 1.82) is 0 Å². The monoisotopic (exact) mass is 381 g/mol. The summed E-state index contributed by atoms with van der Waals surface area (Å²) >= 11 is 0. The van der Waals surface area contributed by atoms with Gasteiger partial charge < -0.3 is 19.5 Å². The summed E-state index contributed by atoms with van der Waals surface area (Å²) in [4.78, 5) is 24.3. The highest BCUT2D eigenvalue weighted by molar-refractivity contribution is 5.81. The van der Waals surface area contributed by atoms with Gasteiger partial charge in [0.15, 0.2) is 18.1 Å². The van der Waals surface area contributed by atoms with E-state index in [1.807, 2.05) is 18.2 Å². The van der Waals surface area contributed by atoms with Crippen molar-refractivity contribution >= 4 is 11.9 Å². The second kappa shape index (κ2) is 8.33. The Morgan fingerprint density at radius 1 is 1.07 bits per heavy atom. The molecule has 0 spiro atoms. The van der Waals surface area contributed by atoms with Gasteiger partial charge in [-0.15, -0.1) is 0 Å². The lowest BCUT2D eigenvalue weighted by molar-refractivity contribution is -0.148. The van der Waals surface area contributed by atoms with E-state index in [1.165, 1.54) is 5.56 Å². The van der Waals surface area contributed by atoms with Gasteiger partial charge in [-0.2, -0.15) is 0 Å². The quantitative estimate of drug-likeness (QED) is 0.806. The predicted octanol–water partition coefficient (Wildman–Crippen LogP) is 2.74. The SMILES string of the molecule is O=C(COC(=O)Cc1ccc2c(c1)OCCO2)N[C@@H]1CCCc2ccccc21. The van der Waals surface area contributed by atoms with E-state index in [1.54, 1.807) is 18.2 Å². The first kappa shape index (κ1) is 18.3. The summed E-state index contributed by atoms with van der Waals surface area (Å²) in [5.41, 5.74) is 3.19. The van der Waals surface area contributed by atoms with Gasteiger partial charge in [0.1, 0.15) is 13.2 Å². The Labute approximate surface area is 163 Å². The number of benzene rings is 2. The number of carbonyl (C=O) groups excluding carboxylic acids is 2. The zero-order chi connectivity index (χ0) is 19.3. The lowest BCUT2D eigenvalue weighted by atomic mass is 9.88. The van der Waals surface area contributed by atoms with Crippen LogP contribution in [0.15, 0.2) is 42.5 Å². The van der Waals surface area contributed by atoms with Gasteiger partial charge in [0.2, 0.25) is 0 Å². The molecule has 0 bridgehead atoms. The van der Waals surface area contributed by atoms with Crippen LogP contribution in [0.3, 0.4) is 0 Å². The van der Waals surface area contributed by atoms with Crippen molar-refractivity contribution in [3.8, 4) is 11.5 Å². The van der Waals surface area contributed by atoms with Crippen LogP contribution in [-0.2, 0) is 27.2 Å². The van der Waals surface area contributed by atoms with Crippen molar-refractivity contribution in [3.05, 3.63) is 59.2 Å². The van der Waals surface area contributed by atoms with Crippen LogP contribution in [0.1, 0.15) is 35.6 Å². The fraction of sp³-hybridized carbons (Fsp3) is 0.364. The third-order valence-corrected chi connectivity index (χ3v) is 5.02. The molecule has 1 amide bonds. The van der Waals surface area contributed by atoms with Crippen LogP contribution in [0, 0.1) is 0 Å². The average molecular weight is 381 g/mol. The number of ether oxygens (including phenoxy) is 3. The molecule has 0 radical (unpaired) electrons. The van der Waals surface area contributed by atoms with Crippen molar-refractivity contribution in [2.45, 2.75) is 31.7 Å². The molecule has 2 aromatic carbocycles. The van der Waals surface area contributed by atoms with Crippen LogP contribution >= 0.6 is 0 Å².